The lowest BCUT2D eigenvalue weighted by molar-refractivity contribution is -0.0771. The van der Waals surface area contributed by atoms with Crippen molar-refractivity contribution in [2.75, 3.05) is 0 Å². The molecule has 0 radical (unpaired) electrons. The standard InChI is InChI=1S/C15H23NO2S/c1-3-7-12-8-5-10-15-11-6-9-14(13(15)4-2)18-19(17)16(12)15/h3-4,12-14H,1-2,5-11H2. The van der Waals surface area contributed by atoms with E-state index in [0.29, 0.717) is 12.0 Å². The molecule has 2 saturated heterocycles. The molecule has 3 nitrogen and oxygen atoms in total. The zero-order valence-electron chi connectivity index (χ0n) is 11.4. The van der Waals surface area contributed by atoms with Gasteiger partial charge in [0.25, 0.3) is 0 Å². The number of piperidine rings is 1. The molecule has 3 fully saturated rings. The van der Waals surface area contributed by atoms with Gasteiger partial charge < -0.3 is 4.55 Å². The Morgan fingerprint density at radius 2 is 2.05 bits per heavy atom. The zero-order chi connectivity index (χ0) is 13.5. The third kappa shape index (κ3) is 2.00. The lowest BCUT2D eigenvalue weighted by Gasteiger charge is -2.58. The second-order valence-electron chi connectivity index (χ2n) is 6.01. The number of nitrogens with zero attached hydrogens (tertiary/aromatic N) is 1. The van der Waals surface area contributed by atoms with Crippen LogP contribution in [0, 0.1) is 5.92 Å². The van der Waals surface area contributed by atoms with E-state index in [1.54, 1.807) is 0 Å². The van der Waals surface area contributed by atoms with Crippen LogP contribution in [0.1, 0.15) is 44.9 Å². The average Bonchev–Trinajstić information content (AvgIpc) is 2.38. The molecule has 2 heterocycles. The summed E-state index contributed by atoms with van der Waals surface area (Å²) >= 11 is -1.29. The van der Waals surface area contributed by atoms with Gasteiger partial charge in [0, 0.05) is 5.92 Å². The van der Waals surface area contributed by atoms with Crippen LogP contribution in [0.15, 0.2) is 25.3 Å². The molecule has 1 aliphatic carbocycles. The lowest BCUT2D eigenvalue weighted by Crippen LogP contribution is -2.69. The van der Waals surface area contributed by atoms with Crippen LogP contribution in [0.25, 0.3) is 0 Å². The molecule has 0 aromatic heterocycles. The molecule has 19 heavy (non-hydrogen) atoms. The predicted octanol–water partition coefficient (Wildman–Crippen LogP) is 3.12. The summed E-state index contributed by atoms with van der Waals surface area (Å²) in [6.07, 6.45) is 11.7. The van der Waals surface area contributed by atoms with E-state index in [-0.39, 0.29) is 11.6 Å². The second-order valence-corrected chi connectivity index (χ2v) is 7.03. The van der Waals surface area contributed by atoms with Gasteiger partial charge in [-0.05, 0) is 44.9 Å². The van der Waals surface area contributed by atoms with Crippen LogP contribution in [0.3, 0.4) is 0 Å². The second kappa shape index (κ2) is 5.24. The van der Waals surface area contributed by atoms with Crippen LogP contribution in [0.2, 0.25) is 0 Å². The molecule has 0 amide bonds. The van der Waals surface area contributed by atoms with E-state index in [2.05, 4.69) is 17.5 Å². The van der Waals surface area contributed by atoms with Crippen molar-refractivity contribution in [3.05, 3.63) is 25.3 Å². The van der Waals surface area contributed by atoms with Gasteiger partial charge >= 0.3 is 0 Å². The summed E-state index contributed by atoms with van der Waals surface area (Å²) in [5.41, 5.74) is 0.0275. The fraction of sp³-hybridized carbons (Fsp3) is 0.733. The fourth-order valence-electron chi connectivity index (χ4n) is 4.39. The Balaban J connectivity index is 1.98. The zero-order valence-corrected chi connectivity index (χ0v) is 12.2. The van der Waals surface area contributed by atoms with Crippen molar-refractivity contribution in [3.8, 4) is 0 Å². The first-order valence-corrected chi connectivity index (χ1v) is 8.38. The number of hydrogen-bond donors (Lipinski definition) is 0. The summed E-state index contributed by atoms with van der Waals surface area (Å²) in [6, 6.07) is 0.314. The number of fused-ring (bicyclic) bond motifs is 1. The molecule has 2 bridgehead atoms. The summed E-state index contributed by atoms with van der Waals surface area (Å²) in [4.78, 5) is 0. The Morgan fingerprint density at radius 3 is 2.74 bits per heavy atom. The molecule has 3 aliphatic rings. The van der Waals surface area contributed by atoms with E-state index in [0.717, 1.165) is 32.1 Å². The van der Waals surface area contributed by atoms with Crippen molar-refractivity contribution >= 4 is 11.6 Å². The van der Waals surface area contributed by atoms with Gasteiger partial charge in [0.05, 0.1) is 11.6 Å². The fourth-order valence-corrected chi connectivity index (χ4v) is 5.95. The Morgan fingerprint density at radius 1 is 1.32 bits per heavy atom. The van der Waals surface area contributed by atoms with E-state index in [1.165, 1.54) is 12.8 Å². The quantitative estimate of drug-likeness (QED) is 0.589. The first kappa shape index (κ1) is 13.7. The molecule has 0 aromatic rings. The molecule has 5 atom stereocenters. The normalized spacial score (nSPS) is 46.4. The topological polar surface area (TPSA) is 35.5 Å². The highest BCUT2D eigenvalue weighted by Gasteiger charge is 2.62. The highest BCUT2D eigenvalue weighted by molar-refractivity contribution is 7.84. The minimum Gasteiger partial charge on any atom is -0.566 e. The summed E-state index contributed by atoms with van der Waals surface area (Å²) in [7, 11) is 0. The maximum Gasteiger partial charge on any atom is 0.217 e. The molecule has 1 saturated carbocycles. The van der Waals surface area contributed by atoms with Gasteiger partial charge in [-0.15, -0.1) is 17.3 Å². The van der Waals surface area contributed by atoms with Gasteiger partial charge in [0.15, 0.2) is 0 Å². The van der Waals surface area contributed by atoms with Gasteiger partial charge in [0.1, 0.15) is 6.10 Å². The van der Waals surface area contributed by atoms with Crippen molar-refractivity contribution in [2.45, 2.75) is 62.6 Å². The largest absolute Gasteiger partial charge is 0.566 e. The molecular weight excluding hydrogens is 258 g/mol. The highest BCUT2D eigenvalue weighted by atomic mass is 32.2. The first-order chi connectivity index (χ1) is 9.23. The number of hydrogen-bond acceptors (Lipinski definition) is 3. The maximum absolute atomic E-state index is 12.5. The molecule has 4 heteroatoms. The SMILES string of the molecule is C=CCC1CCCC23CCCC(O[S+]([O-])N12)C3C=C. The summed E-state index contributed by atoms with van der Waals surface area (Å²) in [5, 5.41) is 0. The molecular formula is C15H23NO2S. The Kier molecular flexibility index (Phi) is 3.78. The average molecular weight is 281 g/mol. The molecule has 0 aromatic carbocycles. The molecule has 2 aliphatic heterocycles. The monoisotopic (exact) mass is 281 g/mol. The summed E-state index contributed by atoms with van der Waals surface area (Å²) in [6.45, 7) is 7.87. The van der Waals surface area contributed by atoms with Crippen LogP contribution in [0.4, 0.5) is 0 Å². The van der Waals surface area contributed by atoms with Gasteiger partial charge in [-0.1, -0.05) is 16.5 Å². The molecule has 5 unspecified atom stereocenters. The molecule has 106 valence electrons. The van der Waals surface area contributed by atoms with Crippen LogP contribution in [-0.4, -0.2) is 26.5 Å². The molecule has 1 spiro atoms. The summed E-state index contributed by atoms with van der Waals surface area (Å²) < 4.78 is 20.5. The lowest BCUT2D eigenvalue weighted by atomic mass is 9.66. The van der Waals surface area contributed by atoms with E-state index in [9.17, 15) is 4.55 Å². The Bertz CT molecular complexity index is 371. The Labute approximate surface area is 119 Å². The van der Waals surface area contributed by atoms with E-state index >= 15 is 0 Å². The Hall–Kier alpha value is -0.290. The highest BCUT2D eigenvalue weighted by Crippen LogP contribution is 2.53. The maximum atomic E-state index is 12.5. The van der Waals surface area contributed by atoms with Crippen LogP contribution >= 0.6 is 0 Å². The van der Waals surface area contributed by atoms with Gasteiger partial charge in [-0.2, -0.15) is 0 Å². The van der Waals surface area contributed by atoms with Crippen molar-refractivity contribution in [3.63, 3.8) is 0 Å². The molecule has 0 N–H and O–H groups in total. The predicted molar refractivity (Wildman–Crippen MR) is 77.6 cm³/mol. The van der Waals surface area contributed by atoms with Crippen LogP contribution in [-0.2, 0) is 15.8 Å². The summed E-state index contributed by atoms with van der Waals surface area (Å²) in [5.74, 6) is 0.326. The van der Waals surface area contributed by atoms with Crippen LogP contribution < -0.4 is 0 Å². The minimum atomic E-state index is -1.29. The van der Waals surface area contributed by atoms with Crippen molar-refractivity contribution in [1.82, 2.24) is 4.31 Å². The van der Waals surface area contributed by atoms with Crippen LogP contribution in [0.5, 0.6) is 0 Å². The van der Waals surface area contributed by atoms with E-state index in [1.807, 2.05) is 12.2 Å². The molecule has 3 rings (SSSR count). The third-order valence-corrected chi connectivity index (χ3v) is 6.49. The van der Waals surface area contributed by atoms with Gasteiger partial charge in [-0.3, -0.25) is 0 Å². The van der Waals surface area contributed by atoms with Gasteiger partial charge in [-0.25, -0.2) is 0 Å². The smallest absolute Gasteiger partial charge is 0.217 e. The third-order valence-electron chi connectivity index (χ3n) is 5.10. The van der Waals surface area contributed by atoms with Crippen molar-refractivity contribution in [2.24, 2.45) is 5.92 Å². The van der Waals surface area contributed by atoms with Crippen molar-refractivity contribution in [1.29, 1.82) is 0 Å². The minimum absolute atomic E-state index is 0.0275. The first-order valence-electron chi connectivity index (χ1n) is 7.35. The number of rotatable bonds is 3. The van der Waals surface area contributed by atoms with Gasteiger partial charge in [0.2, 0.25) is 11.6 Å². The van der Waals surface area contributed by atoms with E-state index in [4.69, 9.17) is 4.18 Å². The van der Waals surface area contributed by atoms with E-state index < -0.39 is 11.6 Å². The van der Waals surface area contributed by atoms with Crippen molar-refractivity contribution < 1.29 is 8.74 Å².